The van der Waals surface area contributed by atoms with Gasteiger partial charge in [0.15, 0.2) is 9.84 Å². The second kappa shape index (κ2) is 6.10. The van der Waals surface area contributed by atoms with Crippen LogP contribution in [0.3, 0.4) is 0 Å². The molecule has 1 amide bonds. The zero-order valence-corrected chi connectivity index (χ0v) is 11.4. The number of hydrogen-bond acceptors (Lipinski definition) is 5. The van der Waals surface area contributed by atoms with Gasteiger partial charge in [-0.15, -0.1) is 0 Å². The molecule has 1 N–H and O–H groups in total. The summed E-state index contributed by atoms with van der Waals surface area (Å²) < 4.78 is 22.6. The van der Waals surface area contributed by atoms with Gasteiger partial charge >= 0.3 is 0 Å². The minimum absolute atomic E-state index is 0.243. The Morgan fingerprint density at radius 1 is 1.42 bits per heavy atom. The molecule has 1 unspecified atom stereocenters. The Hall–Kier alpha value is -1.50. The van der Waals surface area contributed by atoms with E-state index < -0.39 is 9.84 Å². The number of hydrogen-bond donors (Lipinski definition) is 1. The Morgan fingerprint density at radius 2 is 2.26 bits per heavy atom. The fourth-order valence-corrected chi connectivity index (χ4v) is 4.11. The topological polar surface area (TPSA) is 89.0 Å². The van der Waals surface area contributed by atoms with Crippen molar-refractivity contribution < 1.29 is 13.2 Å². The lowest BCUT2D eigenvalue weighted by atomic mass is 10.0. The molecule has 1 saturated heterocycles. The second-order valence-corrected chi connectivity index (χ2v) is 6.99. The quantitative estimate of drug-likeness (QED) is 0.791. The monoisotopic (exact) mass is 283 g/mol. The van der Waals surface area contributed by atoms with Crippen LogP contribution in [0.1, 0.15) is 29.8 Å². The minimum Gasteiger partial charge on any atom is -0.351 e. The summed E-state index contributed by atoms with van der Waals surface area (Å²) in [5.41, 5.74) is 0.297. The van der Waals surface area contributed by atoms with Crippen molar-refractivity contribution in [3.8, 4) is 0 Å². The van der Waals surface area contributed by atoms with Gasteiger partial charge in [0.1, 0.15) is 5.69 Å². The van der Waals surface area contributed by atoms with Crippen LogP contribution in [0.25, 0.3) is 0 Å². The Labute approximate surface area is 112 Å². The Morgan fingerprint density at radius 3 is 2.89 bits per heavy atom. The summed E-state index contributed by atoms with van der Waals surface area (Å²) in [6.07, 6.45) is 6.76. The third-order valence-corrected chi connectivity index (χ3v) is 5.03. The Bertz CT molecular complexity index is 530. The zero-order chi connectivity index (χ0) is 13.7. The van der Waals surface area contributed by atoms with E-state index in [0.717, 1.165) is 19.3 Å². The molecule has 1 aromatic heterocycles. The highest BCUT2D eigenvalue weighted by Gasteiger charge is 2.27. The summed E-state index contributed by atoms with van der Waals surface area (Å²) in [6, 6.07) is 0. The Kier molecular flexibility index (Phi) is 4.47. The fraction of sp³-hybridized carbons (Fsp3) is 0.583. The number of nitrogens with one attached hydrogen (secondary N) is 1. The molecule has 104 valence electrons. The maximum Gasteiger partial charge on any atom is 0.271 e. The van der Waals surface area contributed by atoms with Crippen LogP contribution in [0.5, 0.6) is 0 Å². The summed E-state index contributed by atoms with van der Waals surface area (Å²) in [5, 5.41) is 2.75. The number of nitrogens with zero attached hydrogens (tertiary/aromatic N) is 2. The van der Waals surface area contributed by atoms with Crippen molar-refractivity contribution in [3.05, 3.63) is 24.3 Å². The maximum atomic E-state index is 11.6. The van der Waals surface area contributed by atoms with Gasteiger partial charge in [-0.1, -0.05) is 0 Å². The molecule has 6 nitrogen and oxygen atoms in total. The molecule has 1 aliphatic heterocycles. The first-order valence-electron chi connectivity index (χ1n) is 6.31. The van der Waals surface area contributed by atoms with Gasteiger partial charge in [-0.3, -0.25) is 9.78 Å². The minimum atomic E-state index is -2.80. The lowest BCUT2D eigenvalue weighted by Crippen LogP contribution is -2.25. The molecule has 0 saturated carbocycles. The maximum absolute atomic E-state index is 11.6. The van der Waals surface area contributed by atoms with Crippen molar-refractivity contribution in [1.82, 2.24) is 15.3 Å². The van der Waals surface area contributed by atoms with Gasteiger partial charge in [-0.25, -0.2) is 13.4 Å². The smallest absolute Gasteiger partial charge is 0.271 e. The van der Waals surface area contributed by atoms with Crippen LogP contribution in [-0.4, -0.2) is 42.3 Å². The van der Waals surface area contributed by atoms with E-state index in [2.05, 4.69) is 15.3 Å². The molecule has 19 heavy (non-hydrogen) atoms. The summed E-state index contributed by atoms with van der Waals surface area (Å²) in [7, 11) is -2.80. The highest BCUT2D eigenvalue weighted by atomic mass is 32.2. The highest BCUT2D eigenvalue weighted by molar-refractivity contribution is 7.91. The lowest BCUT2D eigenvalue weighted by Gasteiger charge is -2.08. The van der Waals surface area contributed by atoms with E-state index in [1.54, 1.807) is 0 Å². The van der Waals surface area contributed by atoms with Crippen LogP contribution in [0.2, 0.25) is 0 Å². The van der Waals surface area contributed by atoms with E-state index in [-0.39, 0.29) is 11.8 Å². The fourth-order valence-electron chi connectivity index (χ4n) is 2.20. The number of carbonyl (C=O) groups excluding carboxylic acids is 1. The van der Waals surface area contributed by atoms with E-state index in [0.29, 0.717) is 23.7 Å². The molecule has 1 atom stereocenters. The van der Waals surface area contributed by atoms with Crippen molar-refractivity contribution in [2.24, 2.45) is 5.92 Å². The third-order valence-electron chi connectivity index (χ3n) is 3.20. The summed E-state index contributed by atoms with van der Waals surface area (Å²) in [4.78, 5) is 19.4. The van der Waals surface area contributed by atoms with Crippen molar-refractivity contribution in [2.75, 3.05) is 18.1 Å². The molecule has 1 fully saturated rings. The average molecular weight is 283 g/mol. The largest absolute Gasteiger partial charge is 0.351 e. The molecule has 0 aromatic carbocycles. The van der Waals surface area contributed by atoms with Crippen molar-refractivity contribution in [3.63, 3.8) is 0 Å². The molecule has 1 aliphatic rings. The van der Waals surface area contributed by atoms with E-state index in [9.17, 15) is 13.2 Å². The van der Waals surface area contributed by atoms with Crippen LogP contribution >= 0.6 is 0 Å². The third kappa shape index (κ3) is 4.27. The number of rotatable bonds is 5. The molecule has 0 spiro atoms. The van der Waals surface area contributed by atoms with Gasteiger partial charge < -0.3 is 5.32 Å². The second-order valence-electron chi connectivity index (χ2n) is 4.76. The van der Waals surface area contributed by atoms with Crippen LogP contribution < -0.4 is 5.32 Å². The Balaban J connectivity index is 1.66. The molecule has 0 aliphatic carbocycles. The average Bonchev–Trinajstić information content (AvgIpc) is 2.75. The number of sulfone groups is 1. The van der Waals surface area contributed by atoms with Crippen molar-refractivity contribution >= 4 is 15.7 Å². The molecule has 0 radical (unpaired) electrons. The molecular weight excluding hydrogens is 266 g/mol. The first-order chi connectivity index (χ1) is 9.07. The van der Waals surface area contributed by atoms with Gasteiger partial charge in [0.2, 0.25) is 0 Å². The van der Waals surface area contributed by atoms with Gasteiger partial charge in [-0.05, 0) is 25.2 Å². The predicted octanol–water partition coefficient (Wildman–Crippen LogP) is 0.421. The zero-order valence-electron chi connectivity index (χ0n) is 10.6. The van der Waals surface area contributed by atoms with E-state index in [1.165, 1.54) is 18.6 Å². The molecule has 1 aromatic rings. The standard InChI is InChI=1S/C12H17N3O3S/c16-12(11-8-13-5-6-14-11)15-4-1-2-10-3-7-19(17,18)9-10/h5-6,8,10H,1-4,7,9H2,(H,15,16). The van der Waals surface area contributed by atoms with Crippen LogP contribution in [0.4, 0.5) is 0 Å². The molecule has 2 heterocycles. The van der Waals surface area contributed by atoms with Crippen LogP contribution in [0.15, 0.2) is 18.6 Å². The van der Waals surface area contributed by atoms with Crippen molar-refractivity contribution in [2.45, 2.75) is 19.3 Å². The number of amides is 1. The van der Waals surface area contributed by atoms with E-state index in [4.69, 9.17) is 0 Å². The first kappa shape index (κ1) is 13.9. The van der Waals surface area contributed by atoms with Gasteiger partial charge in [0.05, 0.1) is 17.7 Å². The normalized spacial score (nSPS) is 21.2. The van der Waals surface area contributed by atoms with Gasteiger partial charge in [0, 0.05) is 18.9 Å². The summed E-state index contributed by atoms with van der Waals surface area (Å²) in [5.74, 6) is 0.611. The van der Waals surface area contributed by atoms with Crippen LogP contribution in [0, 0.1) is 5.92 Å². The molecular formula is C12H17N3O3S. The highest BCUT2D eigenvalue weighted by Crippen LogP contribution is 2.22. The van der Waals surface area contributed by atoms with E-state index >= 15 is 0 Å². The molecule has 2 rings (SSSR count). The van der Waals surface area contributed by atoms with E-state index in [1.807, 2.05) is 0 Å². The predicted molar refractivity (Wildman–Crippen MR) is 70.4 cm³/mol. The van der Waals surface area contributed by atoms with Gasteiger partial charge in [0.25, 0.3) is 5.91 Å². The lowest BCUT2D eigenvalue weighted by molar-refractivity contribution is 0.0947. The molecule has 7 heteroatoms. The SMILES string of the molecule is O=C(NCCCC1CCS(=O)(=O)C1)c1cnccn1. The first-order valence-corrected chi connectivity index (χ1v) is 8.13. The van der Waals surface area contributed by atoms with Crippen LogP contribution in [-0.2, 0) is 9.84 Å². The summed E-state index contributed by atoms with van der Waals surface area (Å²) >= 11 is 0. The molecule has 0 bridgehead atoms. The van der Waals surface area contributed by atoms with Crippen molar-refractivity contribution in [1.29, 1.82) is 0 Å². The number of aromatic nitrogens is 2. The number of carbonyl (C=O) groups is 1. The summed E-state index contributed by atoms with van der Waals surface area (Å²) in [6.45, 7) is 0.534. The van der Waals surface area contributed by atoms with Gasteiger partial charge in [-0.2, -0.15) is 0 Å².